The fraction of sp³-hybridized carbons (Fsp3) is 0.200. The van der Waals surface area contributed by atoms with Crippen molar-refractivity contribution in [2.75, 3.05) is 0 Å². The fourth-order valence-corrected chi connectivity index (χ4v) is 2.99. The van der Waals surface area contributed by atoms with Gasteiger partial charge in [0.1, 0.15) is 5.69 Å². The van der Waals surface area contributed by atoms with Crippen molar-refractivity contribution in [3.8, 4) is 5.69 Å². The van der Waals surface area contributed by atoms with Gasteiger partial charge in [-0.2, -0.15) is 18.3 Å². The zero-order valence-electron chi connectivity index (χ0n) is 16.2. The summed E-state index contributed by atoms with van der Waals surface area (Å²) in [7, 11) is 0. The zero-order chi connectivity index (χ0) is 22.8. The number of carbonyl (C=O) groups excluding carboxylic acids is 2. The van der Waals surface area contributed by atoms with Crippen LogP contribution in [0.1, 0.15) is 40.3 Å². The molecule has 0 fully saturated rings. The van der Waals surface area contributed by atoms with Crippen molar-refractivity contribution in [2.24, 2.45) is 5.73 Å². The van der Waals surface area contributed by atoms with Gasteiger partial charge < -0.3 is 11.1 Å². The molecule has 0 bridgehead atoms. The summed E-state index contributed by atoms with van der Waals surface area (Å²) in [6.45, 7) is 1.40. The molecule has 11 heteroatoms. The molecule has 1 unspecified atom stereocenters. The molecule has 0 aliphatic heterocycles. The summed E-state index contributed by atoms with van der Waals surface area (Å²) in [6, 6.07) is 9.99. The van der Waals surface area contributed by atoms with E-state index in [-0.39, 0.29) is 17.9 Å². The number of pyridine rings is 1. The maximum Gasteiger partial charge on any atom is 0.435 e. The molecule has 0 saturated carbocycles. The van der Waals surface area contributed by atoms with Crippen molar-refractivity contribution in [1.82, 2.24) is 20.1 Å². The largest absolute Gasteiger partial charge is 0.435 e. The van der Waals surface area contributed by atoms with E-state index in [1.54, 1.807) is 25.1 Å². The number of carbonyl (C=O) groups is 2. The van der Waals surface area contributed by atoms with Crippen LogP contribution in [-0.2, 0) is 17.5 Å². The van der Waals surface area contributed by atoms with E-state index in [2.05, 4.69) is 15.4 Å². The molecule has 0 spiro atoms. The number of rotatable bonds is 6. The lowest BCUT2D eigenvalue weighted by Gasteiger charge is -2.13. The zero-order valence-corrected chi connectivity index (χ0v) is 16.9. The van der Waals surface area contributed by atoms with Crippen molar-refractivity contribution in [2.45, 2.75) is 25.6 Å². The first-order valence-electron chi connectivity index (χ1n) is 9.02. The van der Waals surface area contributed by atoms with Gasteiger partial charge in [-0.15, -0.1) is 0 Å². The maximum absolute atomic E-state index is 13.2. The molecular weight excluding hydrogens is 435 g/mol. The number of nitrogens with two attached hydrogens (primary N) is 1. The topological polar surface area (TPSA) is 103 Å². The minimum Gasteiger partial charge on any atom is -0.364 e. The predicted octanol–water partition coefficient (Wildman–Crippen LogP) is 3.46. The third-order valence-corrected chi connectivity index (χ3v) is 4.74. The molecule has 0 radical (unpaired) electrons. The molecule has 3 rings (SSSR count). The van der Waals surface area contributed by atoms with E-state index in [0.29, 0.717) is 16.3 Å². The lowest BCUT2D eigenvalue weighted by Crippen LogP contribution is -2.28. The Hall–Kier alpha value is -3.40. The fourth-order valence-electron chi connectivity index (χ4n) is 2.80. The van der Waals surface area contributed by atoms with Crippen LogP contribution in [0.2, 0.25) is 5.02 Å². The quantitative estimate of drug-likeness (QED) is 0.599. The highest BCUT2D eigenvalue weighted by Gasteiger charge is 2.35. The number of primary amides is 1. The summed E-state index contributed by atoms with van der Waals surface area (Å²) in [5, 5.41) is 6.56. The van der Waals surface area contributed by atoms with E-state index in [9.17, 15) is 22.8 Å². The summed E-state index contributed by atoms with van der Waals surface area (Å²) >= 11 is 5.94. The number of aromatic nitrogens is 3. The standard InChI is InChI=1S/C20H17ClF3N5O2/c1-11(12-5-6-16(18(25)30)26-9-12)19(31)27-10-15-8-17(20(22,23)24)28-29(15)14-4-2-3-13(21)7-14/h2-9,11H,10H2,1H3,(H2,25,30)(H,27,31). The maximum atomic E-state index is 13.2. The second-order valence-corrected chi connectivity index (χ2v) is 7.13. The summed E-state index contributed by atoms with van der Waals surface area (Å²) in [5.74, 6) is -1.81. The minimum atomic E-state index is -4.65. The third kappa shape index (κ3) is 5.21. The molecular formula is C20H17ClF3N5O2. The van der Waals surface area contributed by atoms with Crippen LogP contribution in [0.4, 0.5) is 13.2 Å². The lowest BCUT2D eigenvalue weighted by molar-refractivity contribution is -0.141. The smallest absolute Gasteiger partial charge is 0.364 e. The van der Waals surface area contributed by atoms with Gasteiger partial charge in [0, 0.05) is 11.2 Å². The molecule has 31 heavy (non-hydrogen) atoms. The van der Waals surface area contributed by atoms with Gasteiger partial charge in [-0.25, -0.2) is 4.68 Å². The Morgan fingerprint density at radius 1 is 1.23 bits per heavy atom. The van der Waals surface area contributed by atoms with Crippen LogP contribution in [0.5, 0.6) is 0 Å². The molecule has 7 nitrogen and oxygen atoms in total. The van der Waals surface area contributed by atoms with Crippen molar-refractivity contribution >= 4 is 23.4 Å². The molecule has 2 heterocycles. The summed E-state index contributed by atoms with van der Waals surface area (Å²) in [5.41, 5.74) is 5.07. The lowest BCUT2D eigenvalue weighted by atomic mass is 10.0. The number of alkyl halides is 3. The number of halogens is 4. The summed E-state index contributed by atoms with van der Waals surface area (Å²) in [6.07, 6.45) is -3.30. The van der Waals surface area contributed by atoms with Gasteiger partial charge in [0.25, 0.3) is 5.91 Å². The Morgan fingerprint density at radius 2 is 1.97 bits per heavy atom. The Morgan fingerprint density at radius 3 is 2.55 bits per heavy atom. The van der Waals surface area contributed by atoms with Crippen molar-refractivity contribution in [1.29, 1.82) is 0 Å². The Kier molecular flexibility index (Phi) is 6.30. The van der Waals surface area contributed by atoms with Crippen molar-refractivity contribution in [3.63, 3.8) is 0 Å². The number of hydrogen-bond acceptors (Lipinski definition) is 4. The van der Waals surface area contributed by atoms with E-state index in [1.165, 1.54) is 24.4 Å². The van der Waals surface area contributed by atoms with E-state index >= 15 is 0 Å². The van der Waals surface area contributed by atoms with Gasteiger partial charge in [-0.3, -0.25) is 14.6 Å². The normalized spacial score (nSPS) is 12.4. The average molecular weight is 452 g/mol. The highest BCUT2D eigenvalue weighted by Crippen LogP contribution is 2.30. The second kappa shape index (κ2) is 8.76. The molecule has 0 aliphatic carbocycles. The molecule has 0 saturated heterocycles. The first-order valence-corrected chi connectivity index (χ1v) is 9.39. The van der Waals surface area contributed by atoms with E-state index in [4.69, 9.17) is 17.3 Å². The van der Waals surface area contributed by atoms with Gasteiger partial charge in [-0.05, 0) is 42.8 Å². The van der Waals surface area contributed by atoms with Crippen LogP contribution in [0.25, 0.3) is 5.69 Å². The molecule has 3 N–H and O–H groups in total. The van der Waals surface area contributed by atoms with Gasteiger partial charge in [0.2, 0.25) is 5.91 Å². The number of nitrogens with zero attached hydrogens (tertiary/aromatic N) is 3. The predicted molar refractivity (Wildman–Crippen MR) is 107 cm³/mol. The summed E-state index contributed by atoms with van der Waals surface area (Å²) in [4.78, 5) is 27.5. The van der Waals surface area contributed by atoms with Gasteiger partial charge in [0.05, 0.1) is 23.8 Å². The van der Waals surface area contributed by atoms with Gasteiger partial charge >= 0.3 is 6.18 Å². The van der Waals surface area contributed by atoms with Crippen molar-refractivity contribution < 1.29 is 22.8 Å². The molecule has 0 aliphatic rings. The molecule has 2 amide bonds. The first-order chi connectivity index (χ1) is 14.6. The van der Waals surface area contributed by atoms with Crippen LogP contribution in [0, 0.1) is 0 Å². The number of amides is 2. The molecule has 1 aromatic carbocycles. The SMILES string of the molecule is CC(C(=O)NCc1cc(C(F)(F)F)nn1-c1cccc(Cl)c1)c1ccc(C(N)=O)nc1. The Labute approximate surface area is 180 Å². The van der Waals surface area contributed by atoms with Crippen LogP contribution in [-0.4, -0.2) is 26.6 Å². The Bertz CT molecular complexity index is 1110. The molecule has 162 valence electrons. The second-order valence-electron chi connectivity index (χ2n) is 6.69. The minimum absolute atomic E-state index is 0.0569. The third-order valence-electron chi connectivity index (χ3n) is 4.50. The number of hydrogen-bond donors (Lipinski definition) is 2. The van der Waals surface area contributed by atoms with E-state index in [0.717, 1.165) is 10.7 Å². The van der Waals surface area contributed by atoms with Crippen LogP contribution in [0.15, 0.2) is 48.7 Å². The number of nitrogens with one attached hydrogen (secondary N) is 1. The van der Waals surface area contributed by atoms with E-state index < -0.39 is 29.6 Å². The average Bonchev–Trinajstić information content (AvgIpc) is 3.16. The highest BCUT2D eigenvalue weighted by molar-refractivity contribution is 6.30. The Balaban J connectivity index is 1.80. The van der Waals surface area contributed by atoms with E-state index in [1.807, 2.05) is 0 Å². The molecule has 2 aromatic heterocycles. The molecule has 3 aromatic rings. The van der Waals surface area contributed by atoms with Gasteiger partial charge in [0.15, 0.2) is 5.69 Å². The van der Waals surface area contributed by atoms with Crippen LogP contribution in [0.3, 0.4) is 0 Å². The first kappa shape index (κ1) is 22.3. The summed E-state index contributed by atoms with van der Waals surface area (Å²) < 4.78 is 40.6. The van der Waals surface area contributed by atoms with Crippen LogP contribution < -0.4 is 11.1 Å². The monoisotopic (exact) mass is 451 g/mol. The number of benzene rings is 1. The van der Waals surface area contributed by atoms with Gasteiger partial charge in [-0.1, -0.05) is 23.7 Å². The van der Waals surface area contributed by atoms with Crippen LogP contribution >= 0.6 is 11.6 Å². The highest BCUT2D eigenvalue weighted by atomic mass is 35.5. The van der Waals surface area contributed by atoms with Crippen molar-refractivity contribution in [3.05, 3.63) is 76.3 Å². The molecule has 1 atom stereocenters.